The minimum atomic E-state index is -0.299. The highest BCUT2D eigenvalue weighted by Gasteiger charge is 2.21. The zero-order valence-electron chi connectivity index (χ0n) is 11.3. The van der Waals surface area contributed by atoms with Crippen LogP contribution >= 0.6 is 0 Å². The van der Waals surface area contributed by atoms with Crippen LogP contribution in [0.1, 0.15) is 30.0 Å². The van der Waals surface area contributed by atoms with Gasteiger partial charge in [0.2, 0.25) is 0 Å². The van der Waals surface area contributed by atoms with Gasteiger partial charge >= 0.3 is 0 Å². The van der Waals surface area contributed by atoms with Crippen molar-refractivity contribution < 1.29 is 9.13 Å². The first-order valence-corrected chi connectivity index (χ1v) is 6.82. The van der Waals surface area contributed by atoms with Crippen LogP contribution in [0.15, 0.2) is 36.5 Å². The minimum absolute atomic E-state index is 0.125. The first-order valence-electron chi connectivity index (χ1n) is 6.82. The summed E-state index contributed by atoms with van der Waals surface area (Å²) in [5.74, 6) is 0.899. The zero-order chi connectivity index (χ0) is 14.7. The largest absolute Gasteiger partial charge is 0.493 e. The number of halogens is 1. The molecule has 106 valence electrons. The normalized spacial score (nSPS) is 17.0. The Morgan fingerprint density at radius 2 is 2.29 bits per heavy atom. The first-order chi connectivity index (χ1) is 10.3. The number of rotatable bonds is 2. The smallest absolute Gasteiger partial charge is 0.144 e. The number of benzene rings is 1. The topological polar surface area (TPSA) is 57.9 Å². The van der Waals surface area contributed by atoms with E-state index in [-0.39, 0.29) is 11.9 Å². The van der Waals surface area contributed by atoms with Crippen LogP contribution in [0.5, 0.6) is 5.75 Å². The van der Waals surface area contributed by atoms with Crippen LogP contribution in [-0.4, -0.2) is 11.6 Å². The van der Waals surface area contributed by atoms with Crippen molar-refractivity contribution in [3.8, 4) is 11.8 Å². The highest BCUT2D eigenvalue weighted by atomic mass is 19.1. The Hall–Kier alpha value is -2.61. The Morgan fingerprint density at radius 3 is 3.14 bits per heavy atom. The molecule has 1 aliphatic rings. The second-order valence-electron chi connectivity index (χ2n) is 4.88. The molecule has 1 N–H and O–H groups in total. The van der Waals surface area contributed by atoms with E-state index in [9.17, 15) is 4.39 Å². The molecule has 5 heteroatoms. The SMILES string of the molecule is N#Cc1cccnc1N[C@@H]1CCCOc2ccc(F)cc21. The monoisotopic (exact) mass is 283 g/mol. The molecule has 0 saturated heterocycles. The number of pyridine rings is 1. The van der Waals surface area contributed by atoms with E-state index in [0.717, 1.165) is 18.4 Å². The molecule has 0 aliphatic carbocycles. The van der Waals surface area contributed by atoms with Crippen molar-refractivity contribution in [2.75, 3.05) is 11.9 Å². The molecule has 0 amide bonds. The van der Waals surface area contributed by atoms with Crippen LogP contribution in [0.2, 0.25) is 0 Å². The van der Waals surface area contributed by atoms with Crippen LogP contribution in [0.25, 0.3) is 0 Å². The number of nitrogens with one attached hydrogen (secondary N) is 1. The van der Waals surface area contributed by atoms with Crippen LogP contribution < -0.4 is 10.1 Å². The van der Waals surface area contributed by atoms with Crippen molar-refractivity contribution >= 4 is 5.82 Å². The van der Waals surface area contributed by atoms with E-state index in [2.05, 4.69) is 16.4 Å². The Labute approximate surface area is 122 Å². The maximum absolute atomic E-state index is 13.5. The second-order valence-corrected chi connectivity index (χ2v) is 4.88. The number of aromatic nitrogens is 1. The van der Waals surface area contributed by atoms with E-state index >= 15 is 0 Å². The maximum Gasteiger partial charge on any atom is 0.144 e. The number of hydrogen-bond acceptors (Lipinski definition) is 4. The molecular formula is C16H14FN3O. The molecule has 4 nitrogen and oxygen atoms in total. The molecule has 0 saturated carbocycles. The first kappa shape index (κ1) is 13.4. The molecule has 2 aromatic rings. The minimum Gasteiger partial charge on any atom is -0.493 e. The van der Waals surface area contributed by atoms with Gasteiger partial charge in [0.05, 0.1) is 18.2 Å². The number of anilines is 1. The molecule has 0 fully saturated rings. The fourth-order valence-electron chi connectivity index (χ4n) is 2.47. The summed E-state index contributed by atoms with van der Waals surface area (Å²) in [5.41, 5.74) is 1.24. The molecule has 1 atom stereocenters. The highest BCUT2D eigenvalue weighted by molar-refractivity contribution is 5.53. The fourth-order valence-corrected chi connectivity index (χ4v) is 2.47. The van der Waals surface area contributed by atoms with E-state index in [0.29, 0.717) is 23.7 Å². The molecule has 21 heavy (non-hydrogen) atoms. The van der Waals surface area contributed by atoms with Gasteiger partial charge < -0.3 is 10.1 Å². The molecule has 1 aromatic carbocycles. The van der Waals surface area contributed by atoms with E-state index in [4.69, 9.17) is 10.00 Å². The summed E-state index contributed by atoms with van der Waals surface area (Å²) in [6.07, 6.45) is 3.27. The average Bonchev–Trinajstić information content (AvgIpc) is 2.70. The van der Waals surface area contributed by atoms with Crippen molar-refractivity contribution in [3.05, 3.63) is 53.5 Å². The van der Waals surface area contributed by atoms with Gasteiger partial charge in [0.15, 0.2) is 0 Å². The number of nitriles is 1. The van der Waals surface area contributed by atoms with Gasteiger partial charge in [-0.05, 0) is 43.2 Å². The summed E-state index contributed by atoms with van der Waals surface area (Å²) < 4.78 is 19.2. The lowest BCUT2D eigenvalue weighted by Crippen LogP contribution is -2.12. The van der Waals surface area contributed by atoms with E-state index in [1.807, 2.05) is 0 Å². The summed E-state index contributed by atoms with van der Waals surface area (Å²) in [6.45, 7) is 0.601. The van der Waals surface area contributed by atoms with Gasteiger partial charge in [0.1, 0.15) is 23.5 Å². The van der Waals surface area contributed by atoms with Crippen molar-refractivity contribution in [3.63, 3.8) is 0 Å². The molecule has 1 aromatic heterocycles. The summed E-state index contributed by atoms with van der Waals surface area (Å²) in [4.78, 5) is 4.20. The fraction of sp³-hybridized carbons (Fsp3) is 0.250. The third-order valence-corrected chi connectivity index (χ3v) is 3.48. The Balaban J connectivity index is 1.96. The quantitative estimate of drug-likeness (QED) is 0.917. The van der Waals surface area contributed by atoms with E-state index in [1.54, 1.807) is 24.4 Å². The average molecular weight is 283 g/mol. The molecule has 3 rings (SSSR count). The number of hydrogen-bond donors (Lipinski definition) is 1. The number of ether oxygens (including phenoxy) is 1. The van der Waals surface area contributed by atoms with Gasteiger partial charge in [0.25, 0.3) is 0 Å². The van der Waals surface area contributed by atoms with E-state index < -0.39 is 0 Å². The lowest BCUT2D eigenvalue weighted by molar-refractivity contribution is 0.316. The summed E-state index contributed by atoms with van der Waals surface area (Å²) in [6, 6.07) is 9.92. The van der Waals surface area contributed by atoms with Gasteiger partial charge in [-0.2, -0.15) is 5.26 Å². The van der Waals surface area contributed by atoms with Gasteiger partial charge in [-0.15, -0.1) is 0 Å². The van der Waals surface area contributed by atoms with Gasteiger partial charge in [0, 0.05) is 11.8 Å². The highest BCUT2D eigenvalue weighted by Crippen LogP contribution is 2.34. The Bertz CT molecular complexity index is 696. The third-order valence-electron chi connectivity index (χ3n) is 3.48. The molecule has 0 spiro atoms. The summed E-state index contributed by atoms with van der Waals surface area (Å²) in [7, 11) is 0. The second kappa shape index (κ2) is 5.80. The standard InChI is InChI=1S/C16H14FN3O/c17-12-5-6-15-13(9-12)14(4-2-8-21-15)20-16-11(10-18)3-1-7-19-16/h1,3,5-7,9,14H,2,4,8H2,(H,19,20)/t14-/m1/s1. The van der Waals surface area contributed by atoms with Crippen LogP contribution in [0.4, 0.5) is 10.2 Å². The van der Waals surface area contributed by atoms with Gasteiger partial charge in [-0.3, -0.25) is 0 Å². The van der Waals surface area contributed by atoms with E-state index in [1.165, 1.54) is 12.1 Å². The predicted octanol–water partition coefficient (Wildman–Crippen LogP) is 3.42. The Kier molecular flexibility index (Phi) is 3.69. The Morgan fingerprint density at radius 1 is 1.38 bits per heavy atom. The van der Waals surface area contributed by atoms with Gasteiger partial charge in [-0.25, -0.2) is 9.37 Å². The van der Waals surface area contributed by atoms with Gasteiger partial charge in [-0.1, -0.05) is 0 Å². The van der Waals surface area contributed by atoms with Crippen LogP contribution in [0, 0.1) is 17.1 Å². The molecule has 2 heterocycles. The van der Waals surface area contributed by atoms with Crippen molar-refractivity contribution in [1.82, 2.24) is 4.98 Å². The molecule has 1 aliphatic heterocycles. The van der Waals surface area contributed by atoms with Crippen LogP contribution in [-0.2, 0) is 0 Å². The zero-order valence-corrected chi connectivity index (χ0v) is 11.3. The maximum atomic E-state index is 13.5. The molecule has 0 radical (unpaired) electrons. The third kappa shape index (κ3) is 2.79. The number of fused-ring (bicyclic) bond motifs is 1. The lowest BCUT2D eigenvalue weighted by atomic mass is 10.0. The van der Waals surface area contributed by atoms with Crippen LogP contribution in [0.3, 0.4) is 0 Å². The molecule has 0 bridgehead atoms. The van der Waals surface area contributed by atoms with Crippen molar-refractivity contribution in [1.29, 1.82) is 5.26 Å². The molecule has 0 unspecified atom stereocenters. The van der Waals surface area contributed by atoms with Crippen molar-refractivity contribution in [2.24, 2.45) is 0 Å². The lowest BCUT2D eigenvalue weighted by Gasteiger charge is -2.19. The number of nitrogens with zero attached hydrogens (tertiary/aromatic N) is 2. The summed E-state index contributed by atoms with van der Waals surface area (Å²) in [5, 5.41) is 12.4. The molecular weight excluding hydrogens is 269 g/mol. The van der Waals surface area contributed by atoms with Crippen molar-refractivity contribution in [2.45, 2.75) is 18.9 Å². The summed E-state index contributed by atoms with van der Waals surface area (Å²) >= 11 is 0. The predicted molar refractivity (Wildman–Crippen MR) is 76.4 cm³/mol.